The molecule has 0 aliphatic carbocycles. The van der Waals surface area contributed by atoms with Crippen LogP contribution in [0.4, 0.5) is 21.0 Å². The predicted octanol–water partition coefficient (Wildman–Crippen LogP) is 4.76. The summed E-state index contributed by atoms with van der Waals surface area (Å²) in [6.07, 6.45) is 0.291. The number of benzene rings is 3. The van der Waals surface area contributed by atoms with Crippen LogP contribution in [0.2, 0.25) is 5.02 Å². The predicted molar refractivity (Wildman–Crippen MR) is 145 cm³/mol. The van der Waals surface area contributed by atoms with E-state index in [1.165, 1.54) is 16.0 Å². The van der Waals surface area contributed by atoms with Crippen molar-refractivity contribution < 1.29 is 19.6 Å². The molecule has 0 bridgehead atoms. The van der Waals surface area contributed by atoms with Gasteiger partial charge < -0.3 is 10.2 Å². The van der Waals surface area contributed by atoms with Gasteiger partial charge in [0.15, 0.2) is 6.17 Å². The highest BCUT2D eigenvalue weighted by atomic mass is 35.5. The van der Waals surface area contributed by atoms with Crippen LogP contribution >= 0.6 is 11.6 Å². The molecule has 11 heteroatoms. The third-order valence-corrected chi connectivity index (χ3v) is 6.33. The first-order chi connectivity index (χ1) is 18.2. The maximum Gasteiger partial charge on any atom is 0.347 e. The van der Waals surface area contributed by atoms with Crippen molar-refractivity contribution in [2.24, 2.45) is 5.10 Å². The molecule has 1 aliphatic heterocycles. The van der Waals surface area contributed by atoms with E-state index in [2.05, 4.69) is 15.8 Å². The number of hydroxylamine groups is 2. The summed E-state index contributed by atoms with van der Waals surface area (Å²) < 4.78 is 0. The molecule has 38 heavy (non-hydrogen) atoms. The van der Waals surface area contributed by atoms with Crippen molar-refractivity contribution in [3.05, 3.63) is 95.5 Å². The van der Waals surface area contributed by atoms with E-state index in [0.717, 1.165) is 5.56 Å². The van der Waals surface area contributed by atoms with Crippen LogP contribution in [-0.2, 0) is 4.79 Å². The van der Waals surface area contributed by atoms with E-state index in [-0.39, 0.29) is 6.54 Å². The first kappa shape index (κ1) is 26.6. The summed E-state index contributed by atoms with van der Waals surface area (Å²) >= 11 is 5.88. The molecule has 0 saturated carbocycles. The number of nitrogens with one attached hydrogen (secondary N) is 2. The molecule has 196 valence electrons. The first-order valence-electron chi connectivity index (χ1n) is 11.8. The topological polar surface area (TPSA) is 118 Å². The summed E-state index contributed by atoms with van der Waals surface area (Å²) in [5, 5.41) is 18.7. The number of anilines is 2. The zero-order chi connectivity index (χ0) is 27.3. The van der Waals surface area contributed by atoms with Crippen LogP contribution in [0.3, 0.4) is 0 Å². The Morgan fingerprint density at radius 2 is 1.63 bits per heavy atom. The second-order valence-corrected chi connectivity index (χ2v) is 9.52. The molecular weight excluding hydrogens is 508 g/mol. The van der Waals surface area contributed by atoms with Gasteiger partial charge in [0.1, 0.15) is 6.54 Å². The summed E-state index contributed by atoms with van der Waals surface area (Å²) in [4.78, 5) is 42.0. The maximum atomic E-state index is 13.6. The van der Waals surface area contributed by atoms with Gasteiger partial charge in [0, 0.05) is 16.4 Å². The Bertz CT molecular complexity index is 1320. The number of carbonyl (C=O) groups is 3. The summed E-state index contributed by atoms with van der Waals surface area (Å²) in [6.45, 7) is 2.97. The summed E-state index contributed by atoms with van der Waals surface area (Å²) in [6, 6.07) is 22.7. The van der Waals surface area contributed by atoms with Crippen LogP contribution in [0.5, 0.6) is 0 Å². The second-order valence-electron chi connectivity index (χ2n) is 9.09. The molecule has 1 aliphatic rings. The van der Waals surface area contributed by atoms with Crippen LogP contribution in [0.25, 0.3) is 0 Å². The van der Waals surface area contributed by atoms with E-state index in [1.54, 1.807) is 98.8 Å². The van der Waals surface area contributed by atoms with Gasteiger partial charge in [-0.3, -0.25) is 14.9 Å². The largest absolute Gasteiger partial charge is 0.347 e. The minimum atomic E-state index is -1.19. The number of para-hydroxylation sites is 2. The molecule has 1 unspecified atom stereocenters. The van der Waals surface area contributed by atoms with Gasteiger partial charge in [0.25, 0.3) is 5.91 Å². The zero-order valence-electron chi connectivity index (χ0n) is 20.8. The minimum Gasteiger partial charge on any atom is -0.306 e. The summed E-state index contributed by atoms with van der Waals surface area (Å²) in [5.74, 6) is -0.552. The summed E-state index contributed by atoms with van der Waals surface area (Å²) in [5.41, 5.74) is 2.87. The first-order valence-corrected chi connectivity index (χ1v) is 12.1. The third-order valence-electron chi connectivity index (χ3n) is 6.08. The number of rotatable bonds is 7. The monoisotopic (exact) mass is 534 g/mol. The van der Waals surface area contributed by atoms with Gasteiger partial charge >= 0.3 is 12.1 Å². The molecule has 0 aromatic heterocycles. The Labute approximate surface area is 225 Å². The highest BCUT2D eigenvalue weighted by Crippen LogP contribution is 2.37. The minimum absolute atomic E-state index is 0.363. The normalized spacial score (nSPS) is 16.5. The lowest BCUT2D eigenvalue weighted by atomic mass is 9.99. The molecule has 1 fully saturated rings. The number of hydrogen-bond acceptors (Lipinski definition) is 5. The van der Waals surface area contributed by atoms with Crippen molar-refractivity contribution in [2.45, 2.75) is 25.6 Å². The molecule has 4 rings (SSSR count). The van der Waals surface area contributed by atoms with Gasteiger partial charge in [0.2, 0.25) is 0 Å². The molecular formula is C27H27ClN6O4. The molecule has 1 atom stereocenters. The van der Waals surface area contributed by atoms with Crippen molar-refractivity contribution in [2.75, 3.05) is 16.8 Å². The average Bonchev–Trinajstić information content (AvgIpc) is 3.10. The lowest BCUT2D eigenvalue weighted by Crippen LogP contribution is -2.58. The Balaban J connectivity index is 1.55. The third kappa shape index (κ3) is 5.77. The van der Waals surface area contributed by atoms with Gasteiger partial charge in [-0.15, -0.1) is 0 Å². The van der Waals surface area contributed by atoms with Crippen LogP contribution in [0, 0.1) is 0 Å². The van der Waals surface area contributed by atoms with Gasteiger partial charge in [-0.1, -0.05) is 60.1 Å². The average molecular weight is 535 g/mol. The summed E-state index contributed by atoms with van der Waals surface area (Å²) in [7, 11) is 0. The zero-order valence-corrected chi connectivity index (χ0v) is 21.5. The Morgan fingerprint density at radius 3 is 2.26 bits per heavy atom. The van der Waals surface area contributed by atoms with Gasteiger partial charge in [-0.2, -0.15) is 10.2 Å². The fourth-order valence-electron chi connectivity index (χ4n) is 4.18. The fourth-order valence-corrected chi connectivity index (χ4v) is 4.30. The lowest BCUT2D eigenvalue weighted by molar-refractivity contribution is -0.124. The number of carbonyl (C=O) groups excluding carboxylic acids is 3. The van der Waals surface area contributed by atoms with Crippen LogP contribution < -0.4 is 15.6 Å². The highest BCUT2D eigenvalue weighted by Gasteiger charge is 2.56. The molecule has 1 saturated heterocycles. The van der Waals surface area contributed by atoms with Crippen LogP contribution in [0.1, 0.15) is 19.4 Å². The smallest absolute Gasteiger partial charge is 0.306 e. The number of amides is 5. The number of hydrazone groups is 1. The van der Waals surface area contributed by atoms with Crippen molar-refractivity contribution in [3.63, 3.8) is 0 Å². The number of halogens is 1. The van der Waals surface area contributed by atoms with Crippen LogP contribution in [0.15, 0.2) is 90.0 Å². The van der Waals surface area contributed by atoms with E-state index in [4.69, 9.17) is 11.6 Å². The fraction of sp³-hybridized carbons (Fsp3) is 0.185. The van der Waals surface area contributed by atoms with E-state index in [0.29, 0.717) is 21.5 Å². The molecule has 3 N–H and O–H groups in total. The number of hydrogen-bond donors (Lipinski definition) is 3. The molecule has 10 nitrogen and oxygen atoms in total. The van der Waals surface area contributed by atoms with Gasteiger partial charge in [-0.05, 0) is 55.8 Å². The van der Waals surface area contributed by atoms with Gasteiger partial charge in [0.05, 0.1) is 11.8 Å². The quantitative estimate of drug-likeness (QED) is 0.230. The van der Waals surface area contributed by atoms with Crippen molar-refractivity contribution >= 4 is 47.2 Å². The Hall–Kier alpha value is -4.41. The molecule has 3 aromatic carbocycles. The maximum absolute atomic E-state index is 13.6. The number of urea groups is 2. The van der Waals surface area contributed by atoms with Crippen molar-refractivity contribution in [1.29, 1.82) is 0 Å². The van der Waals surface area contributed by atoms with E-state index >= 15 is 0 Å². The molecule has 5 amide bonds. The molecule has 3 aromatic rings. The SMILES string of the molecule is CC1(C)C(N(O)C(=O)Nc2ccccc2)N(c2ccccc2)C(=O)N1CC(=O)N/N=C\c1ccc(Cl)cc1. The number of nitrogens with zero attached hydrogens (tertiary/aromatic N) is 4. The Kier molecular flexibility index (Phi) is 7.94. The lowest BCUT2D eigenvalue weighted by Gasteiger charge is -2.38. The van der Waals surface area contributed by atoms with Gasteiger partial charge in [-0.25, -0.2) is 15.0 Å². The molecule has 0 radical (unpaired) electrons. The molecule has 0 spiro atoms. The molecule has 1 heterocycles. The van der Waals surface area contributed by atoms with Crippen LogP contribution in [-0.4, -0.2) is 57.6 Å². The van der Waals surface area contributed by atoms with Crippen molar-refractivity contribution in [1.82, 2.24) is 15.4 Å². The Morgan fingerprint density at radius 1 is 1.03 bits per heavy atom. The van der Waals surface area contributed by atoms with E-state index in [9.17, 15) is 19.6 Å². The van der Waals surface area contributed by atoms with E-state index in [1.807, 2.05) is 0 Å². The highest BCUT2D eigenvalue weighted by molar-refractivity contribution is 6.30. The second kappa shape index (κ2) is 11.3. The van der Waals surface area contributed by atoms with Crippen molar-refractivity contribution in [3.8, 4) is 0 Å². The standard InChI is InChI=1S/C27H27ClN6O4/c1-27(2)24(34(38)25(36)30-21-9-5-3-6-10-21)33(22-11-7-4-8-12-22)26(37)32(27)18-23(35)31-29-17-19-13-15-20(28)16-14-19/h3-17,24,38H,18H2,1-2H3,(H,30,36)(H,31,35)/b29-17-. The van der Waals surface area contributed by atoms with E-state index < -0.39 is 29.7 Å².